The third-order valence-corrected chi connectivity index (χ3v) is 2.80. The number of carbonyl (C=O) groups excluding carboxylic acids is 1. The van der Waals surface area contributed by atoms with Gasteiger partial charge < -0.3 is 14.8 Å². The Morgan fingerprint density at radius 2 is 2.28 bits per heavy atom. The Morgan fingerprint density at radius 3 is 2.94 bits per heavy atom. The highest BCUT2D eigenvalue weighted by atomic mass is 16.2. The smallest absolute Gasteiger partial charge is 0.222 e. The van der Waals surface area contributed by atoms with E-state index in [4.69, 9.17) is 0 Å². The Bertz CT molecular complexity index is 360. The van der Waals surface area contributed by atoms with Crippen LogP contribution in [0.2, 0.25) is 0 Å². The van der Waals surface area contributed by atoms with Crippen molar-refractivity contribution in [2.45, 2.75) is 32.7 Å². The van der Waals surface area contributed by atoms with Crippen molar-refractivity contribution in [2.24, 2.45) is 0 Å². The molecule has 0 aromatic carbocycles. The van der Waals surface area contributed by atoms with Crippen LogP contribution in [0.1, 0.15) is 25.5 Å². The largest absolute Gasteiger partial charge is 0.349 e. The molecule has 0 saturated heterocycles. The lowest BCUT2D eigenvalue weighted by atomic mass is 10.3. The van der Waals surface area contributed by atoms with Crippen molar-refractivity contribution < 1.29 is 4.79 Å². The molecule has 0 atom stereocenters. The first-order valence-electron chi connectivity index (χ1n) is 6.55. The van der Waals surface area contributed by atoms with Crippen molar-refractivity contribution in [1.82, 2.24) is 19.8 Å². The van der Waals surface area contributed by atoms with Crippen LogP contribution in [0.15, 0.2) is 12.5 Å². The van der Waals surface area contributed by atoms with Crippen LogP contribution < -0.4 is 5.32 Å². The molecule has 1 aromatic rings. The summed E-state index contributed by atoms with van der Waals surface area (Å²) in [7, 11) is 3.58. The number of carbonyl (C=O) groups is 1. The van der Waals surface area contributed by atoms with Gasteiger partial charge in [-0.1, -0.05) is 6.92 Å². The molecule has 5 nitrogen and oxygen atoms in total. The second-order valence-corrected chi connectivity index (χ2v) is 4.60. The summed E-state index contributed by atoms with van der Waals surface area (Å²) in [6.07, 6.45) is 6.33. The Labute approximate surface area is 109 Å². The zero-order valence-electron chi connectivity index (χ0n) is 11.6. The van der Waals surface area contributed by atoms with Crippen LogP contribution in [0, 0.1) is 0 Å². The molecule has 1 N–H and O–H groups in total. The normalized spacial score (nSPS) is 10.6. The Hall–Kier alpha value is -1.36. The van der Waals surface area contributed by atoms with Gasteiger partial charge in [-0.15, -0.1) is 0 Å². The van der Waals surface area contributed by atoms with E-state index in [0.29, 0.717) is 6.42 Å². The lowest BCUT2D eigenvalue weighted by Gasteiger charge is -2.09. The van der Waals surface area contributed by atoms with Gasteiger partial charge >= 0.3 is 0 Å². The van der Waals surface area contributed by atoms with Crippen LogP contribution in [0.4, 0.5) is 0 Å². The van der Waals surface area contributed by atoms with Gasteiger partial charge in [0.15, 0.2) is 0 Å². The van der Waals surface area contributed by atoms with Gasteiger partial charge in [0.05, 0.1) is 12.0 Å². The van der Waals surface area contributed by atoms with Crippen LogP contribution in [0.25, 0.3) is 0 Å². The molecular formula is C13H24N4O. The molecule has 102 valence electrons. The maximum atomic E-state index is 11.4. The second kappa shape index (κ2) is 7.87. The highest BCUT2D eigenvalue weighted by Crippen LogP contribution is 2.01. The van der Waals surface area contributed by atoms with E-state index in [1.165, 1.54) is 0 Å². The summed E-state index contributed by atoms with van der Waals surface area (Å²) in [6, 6.07) is 0. The summed E-state index contributed by atoms with van der Waals surface area (Å²) in [6.45, 7) is 4.91. The monoisotopic (exact) mass is 252 g/mol. The zero-order chi connectivity index (χ0) is 13.4. The van der Waals surface area contributed by atoms with Crippen LogP contribution in [-0.2, 0) is 17.8 Å². The fraction of sp³-hybridized carbons (Fsp3) is 0.692. The minimum Gasteiger partial charge on any atom is -0.349 e. The third kappa shape index (κ3) is 5.31. The molecule has 1 amide bonds. The van der Waals surface area contributed by atoms with E-state index in [1.807, 2.05) is 6.33 Å². The molecule has 0 fully saturated rings. The molecule has 0 bridgehead atoms. The topological polar surface area (TPSA) is 50.2 Å². The Morgan fingerprint density at radius 1 is 1.50 bits per heavy atom. The van der Waals surface area contributed by atoms with Crippen molar-refractivity contribution >= 4 is 5.91 Å². The third-order valence-electron chi connectivity index (χ3n) is 2.80. The molecule has 18 heavy (non-hydrogen) atoms. The van der Waals surface area contributed by atoms with Gasteiger partial charge in [-0.3, -0.25) is 4.79 Å². The SMILES string of the molecule is CCNCCc1cn(CCCC(=O)N(C)C)cn1. The van der Waals surface area contributed by atoms with Crippen molar-refractivity contribution in [1.29, 1.82) is 0 Å². The van der Waals surface area contributed by atoms with E-state index in [2.05, 4.69) is 28.0 Å². The predicted molar refractivity (Wildman–Crippen MR) is 72.4 cm³/mol. The molecule has 0 aliphatic carbocycles. The number of amides is 1. The molecule has 1 heterocycles. The van der Waals surface area contributed by atoms with Gasteiger partial charge in [-0.25, -0.2) is 4.98 Å². The number of hydrogen-bond donors (Lipinski definition) is 1. The molecule has 1 aromatic heterocycles. The lowest BCUT2D eigenvalue weighted by molar-refractivity contribution is -0.128. The van der Waals surface area contributed by atoms with Crippen molar-refractivity contribution in [3.05, 3.63) is 18.2 Å². The average molecular weight is 252 g/mol. The van der Waals surface area contributed by atoms with Crippen molar-refractivity contribution in [2.75, 3.05) is 27.2 Å². The fourth-order valence-electron chi connectivity index (χ4n) is 1.69. The highest BCUT2D eigenvalue weighted by Gasteiger charge is 2.04. The minimum absolute atomic E-state index is 0.183. The van der Waals surface area contributed by atoms with Crippen LogP contribution in [0.3, 0.4) is 0 Å². The lowest BCUT2D eigenvalue weighted by Crippen LogP contribution is -2.21. The van der Waals surface area contributed by atoms with Gasteiger partial charge in [0.1, 0.15) is 0 Å². The van der Waals surface area contributed by atoms with Crippen LogP contribution in [-0.4, -0.2) is 47.5 Å². The number of nitrogens with one attached hydrogen (secondary N) is 1. The average Bonchev–Trinajstić information content (AvgIpc) is 2.77. The Kier molecular flexibility index (Phi) is 6.43. The highest BCUT2D eigenvalue weighted by molar-refractivity contribution is 5.75. The summed E-state index contributed by atoms with van der Waals surface area (Å²) in [5.74, 6) is 0.183. The van der Waals surface area contributed by atoms with Gasteiger partial charge in [0.25, 0.3) is 0 Å². The van der Waals surface area contributed by atoms with Gasteiger partial charge in [0.2, 0.25) is 5.91 Å². The maximum absolute atomic E-state index is 11.4. The summed E-state index contributed by atoms with van der Waals surface area (Å²) in [4.78, 5) is 17.4. The van der Waals surface area contributed by atoms with Crippen LogP contribution in [0.5, 0.6) is 0 Å². The molecule has 0 saturated carbocycles. The zero-order valence-corrected chi connectivity index (χ0v) is 11.6. The fourth-order valence-corrected chi connectivity index (χ4v) is 1.69. The summed E-state index contributed by atoms with van der Waals surface area (Å²) >= 11 is 0. The first-order valence-corrected chi connectivity index (χ1v) is 6.55. The molecule has 0 radical (unpaired) electrons. The Balaban J connectivity index is 2.24. The second-order valence-electron chi connectivity index (χ2n) is 4.60. The van der Waals surface area contributed by atoms with E-state index in [9.17, 15) is 4.79 Å². The van der Waals surface area contributed by atoms with Crippen LogP contribution >= 0.6 is 0 Å². The minimum atomic E-state index is 0.183. The van der Waals surface area contributed by atoms with E-state index in [1.54, 1.807) is 19.0 Å². The number of rotatable bonds is 8. The maximum Gasteiger partial charge on any atom is 0.222 e. The van der Waals surface area contributed by atoms with E-state index in [0.717, 1.165) is 38.2 Å². The van der Waals surface area contributed by atoms with Crippen molar-refractivity contribution in [3.8, 4) is 0 Å². The number of imidazole rings is 1. The molecular weight excluding hydrogens is 228 g/mol. The number of aryl methyl sites for hydroxylation is 1. The number of likely N-dealkylation sites (N-methyl/N-ethyl adjacent to an activating group) is 1. The number of hydrogen-bond acceptors (Lipinski definition) is 3. The molecule has 1 rings (SSSR count). The first kappa shape index (κ1) is 14.7. The molecule has 0 spiro atoms. The summed E-state index contributed by atoms with van der Waals surface area (Å²) in [5, 5.41) is 3.28. The summed E-state index contributed by atoms with van der Waals surface area (Å²) < 4.78 is 2.06. The predicted octanol–water partition coefficient (Wildman–Crippen LogP) is 0.903. The molecule has 0 aliphatic heterocycles. The van der Waals surface area contributed by atoms with E-state index < -0.39 is 0 Å². The first-order chi connectivity index (χ1) is 8.63. The van der Waals surface area contributed by atoms with Gasteiger partial charge in [-0.2, -0.15) is 0 Å². The molecule has 0 aliphatic rings. The summed E-state index contributed by atoms with van der Waals surface area (Å²) in [5.41, 5.74) is 1.11. The molecule has 0 unspecified atom stereocenters. The van der Waals surface area contributed by atoms with E-state index >= 15 is 0 Å². The number of aromatic nitrogens is 2. The quantitative estimate of drug-likeness (QED) is 0.699. The van der Waals surface area contributed by atoms with E-state index in [-0.39, 0.29) is 5.91 Å². The molecule has 5 heteroatoms. The van der Waals surface area contributed by atoms with Crippen molar-refractivity contribution in [3.63, 3.8) is 0 Å². The standard InChI is InChI=1S/C13H24N4O/c1-4-14-8-7-12-10-17(11-15-12)9-5-6-13(18)16(2)3/h10-11,14H,4-9H2,1-3H3. The van der Waals surface area contributed by atoms with Gasteiger partial charge in [0, 0.05) is 46.2 Å². The van der Waals surface area contributed by atoms with Gasteiger partial charge in [-0.05, 0) is 13.0 Å². The number of nitrogens with zero attached hydrogens (tertiary/aromatic N) is 3.